The van der Waals surface area contributed by atoms with Gasteiger partial charge in [0.15, 0.2) is 11.5 Å². The first-order valence-electron chi connectivity index (χ1n) is 6.08. The first-order valence-corrected chi connectivity index (χ1v) is 6.08. The van der Waals surface area contributed by atoms with Crippen molar-refractivity contribution in [3.63, 3.8) is 0 Å². The Bertz CT molecular complexity index is 567. The Morgan fingerprint density at radius 1 is 1.22 bits per heavy atom. The SMILES string of the molecule is Cc1cc2c(cc1C1(N=C=O)CC1)OC(C)(C)O2. The number of carbonyl (C=O) groups excluding carboxylic acids is 1. The third-order valence-electron chi connectivity index (χ3n) is 3.49. The van der Waals surface area contributed by atoms with Gasteiger partial charge in [-0.3, -0.25) is 0 Å². The van der Waals surface area contributed by atoms with Crippen molar-refractivity contribution >= 4 is 6.08 Å². The van der Waals surface area contributed by atoms with Gasteiger partial charge in [0.2, 0.25) is 11.9 Å². The molecule has 1 saturated carbocycles. The molecule has 3 rings (SSSR count). The smallest absolute Gasteiger partial charge is 0.246 e. The minimum atomic E-state index is -0.627. The molecule has 1 aliphatic heterocycles. The molecule has 4 heteroatoms. The molecular formula is C14H15NO3. The van der Waals surface area contributed by atoms with Crippen LogP contribution in [0.15, 0.2) is 17.1 Å². The van der Waals surface area contributed by atoms with Gasteiger partial charge in [-0.15, -0.1) is 0 Å². The Hall–Kier alpha value is -1.80. The van der Waals surface area contributed by atoms with E-state index in [1.54, 1.807) is 6.08 Å². The lowest BCUT2D eigenvalue weighted by molar-refractivity contribution is -0.0431. The zero-order chi connectivity index (χ0) is 13.0. The summed E-state index contributed by atoms with van der Waals surface area (Å²) in [5, 5.41) is 0. The number of rotatable bonds is 2. The molecule has 0 spiro atoms. The molecule has 0 bridgehead atoms. The van der Waals surface area contributed by atoms with Crippen molar-refractivity contribution in [2.45, 2.75) is 44.9 Å². The zero-order valence-electron chi connectivity index (χ0n) is 10.7. The maximum Gasteiger partial charge on any atom is 0.246 e. The first kappa shape index (κ1) is 11.3. The summed E-state index contributed by atoms with van der Waals surface area (Å²) in [5.41, 5.74) is 1.76. The summed E-state index contributed by atoms with van der Waals surface area (Å²) in [6.07, 6.45) is 3.47. The first-order chi connectivity index (χ1) is 8.46. The Balaban J connectivity index is 2.07. The molecule has 1 heterocycles. The van der Waals surface area contributed by atoms with E-state index in [4.69, 9.17) is 9.47 Å². The molecule has 1 aliphatic carbocycles. The number of hydrogen-bond acceptors (Lipinski definition) is 4. The highest BCUT2D eigenvalue weighted by Gasteiger charge is 2.47. The summed E-state index contributed by atoms with van der Waals surface area (Å²) >= 11 is 0. The number of benzene rings is 1. The van der Waals surface area contributed by atoms with Crippen LogP contribution in [0.3, 0.4) is 0 Å². The quantitative estimate of drug-likeness (QED) is 0.594. The summed E-state index contributed by atoms with van der Waals surface area (Å²) < 4.78 is 11.4. The number of nitrogens with zero attached hydrogens (tertiary/aromatic N) is 1. The highest BCUT2D eigenvalue weighted by molar-refractivity contribution is 5.54. The fourth-order valence-electron chi connectivity index (χ4n) is 2.52. The topological polar surface area (TPSA) is 47.9 Å². The van der Waals surface area contributed by atoms with Crippen LogP contribution in [-0.2, 0) is 10.3 Å². The van der Waals surface area contributed by atoms with Crippen LogP contribution in [0.1, 0.15) is 37.8 Å². The number of aryl methyl sites for hydroxylation is 1. The van der Waals surface area contributed by atoms with Gasteiger partial charge in [-0.2, -0.15) is 4.99 Å². The van der Waals surface area contributed by atoms with E-state index >= 15 is 0 Å². The normalized spacial score (nSPS) is 21.3. The molecule has 0 amide bonds. The molecule has 0 radical (unpaired) electrons. The third-order valence-corrected chi connectivity index (χ3v) is 3.49. The van der Waals surface area contributed by atoms with E-state index in [2.05, 4.69) is 4.99 Å². The van der Waals surface area contributed by atoms with Crippen LogP contribution in [0.4, 0.5) is 0 Å². The fourth-order valence-corrected chi connectivity index (χ4v) is 2.52. The molecule has 94 valence electrons. The van der Waals surface area contributed by atoms with E-state index in [1.807, 2.05) is 32.9 Å². The van der Waals surface area contributed by atoms with Crippen molar-refractivity contribution in [2.75, 3.05) is 0 Å². The van der Waals surface area contributed by atoms with E-state index in [-0.39, 0.29) is 5.54 Å². The number of ether oxygens (including phenoxy) is 2. The molecule has 0 atom stereocenters. The van der Waals surface area contributed by atoms with Crippen molar-refractivity contribution < 1.29 is 14.3 Å². The van der Waals surface area contributed by atoms with Crippen LogP contribution in [-0.4, -0.2) is 11.9 Å². The highest BCUT2D eigenvalue weighted by Crippen LogP contribution is 2.53. The van der Waals surface area contributed by atoms with E-state index in [0.717, 1.165) is 35.5 Å². The van der Waals surface area contributed by atoms with Gasteiger partial charge in [0.1, 0.15) is 0 Å². The predicted molar refractivity (Wildman–Crippen MR) is 65.5 cm³/mol. The van der Waals surface area contributed by atoms with Crippen LogP contribution in [0.5, 0.6) is 11.5 Å². The van der Waals surface area contributed by atoms with E-state index in [9.17, 15) is 4.79 Å². The van der Waals surface area contributed by atoms with Gasteiger partial charge in [-0.1, -0.05) is 0 Å². The minimum Gasteiger partial charge on any atom is -0.449 e. The summed E-state index contributed by atoms with van der Waals surface area (Å²) in [7, 11) is 0. The van der Waals surface area contributed by atoms with Crippen molar-refractivity contribution in [2.24, 2.45) is 4.99 Å². The lowest BCUT2D eigenvalue weighted by Crippen LogP contribution is -2.29. The Labute approximate surface area is 106 Å². The lowest BCUT2D eigenvalue weighted by atomic mass is 9.99. The van der Waals surface area contributed by atoms with Crippen LogP contribution in [0.2, 0.25) is 0 Å². The highest BCUT2D eigenvalue weighted by atomic mass is 16.7. The summed E-state index contributed by atoms with van der Waals surface area (Å²) in [5.74, 6) is 0.859. The van der Waals surface area contributed by atoms with Gasteiger partial charge in [0.25, 0.3) is 0 Å². The van der Waals surface area contributed by atoms with Crippen LogP contribution >= 0.6 is 0 Å². The average Bonchev–Trinajstić information content (AvgIpc) is 2.96. The van der Waals surface area contributed by atoms with Crippen LogP contribution < -0.4 is 9.47 Å². The second-order valence-corrected chi connectivity index (χ2v) is 5.45. The number of fused-ring (bicyclic) bond motifs is 1. The van der Waals surface area contributed by atoms with Crippen LogP contribution in [0.25, 0.3) is 0 Å². The van der Waals surface area contributed by atoms with Crippen molar-refractivity contribution in [1.29, 1.82) is 0 Å². The predicted octanol–water partition coefficient (Wildman–Crippen LogP) is 2.83. The summed E-state index contributed by atoms with van der Waals surface area (Å²) in [6.45, 7) is 5.75. The molecule has 0 unspecified atom stereocenters. The fraction of sp³-hybridized carbons (Fsp3) is 0.500. The average molecular weight is 245 g/mol. The molecule has 0 saturated heterocycles. The van der Waals surface area contributed by atoms with Gasteiger partial charge in [0.05, 0.1) is 5.54 Å². The van der Waals surface area contributed by atoms with Gasteiger partial charge >= 0.3 is 0 Å². The Morgan fingerprint density at radius 3 is 2.39 bits per heavy atom. The van der Waals surface area contributed by atoms with Gasteiger partial charge in [0, 0.05) is 13.8 Å². The second-order valence-electron chi connectivity index (χ2n) is 5.45. The van der Waals surface area contributed by atoms with Crippen LogP contribution in [0, 0.1) is 6.92 Å². The molecule has 1 aromatic carbocycles. The molecule has 1 aromatic rings. The standard InChI is InChI=1S/C14H15NO3/c1-9-6-11-12(18-13(2,3)17-11)7-10(9)14(4-5-14)15-8-16/h6-7H,4-5H2,1-3H3. The third kappa shape index (κ3) is 1.61. The summed E-state index contributed by atoms with van der Waals surface area (Å²) in [6, 6.07) is 3.91. The molecule has 1 fully saturated rings. The number of isocyanates is 1. The van der Waals surface area contributed by atoms with E-state index in [0.29, 0.717) is 0 Å². The molecule has 0 N–H and O–H groups in total. The monoisotopic (exact) mass is 245 g/mol. The minimum absolute atomic E-state index is 0.364. The van der Waals surface area contributed by atoms with E-state index < -0.39 is 5.79 Å². The number of hydrogen-bond donors (Lipinski definition) is 0. The largest absolute Gasteiger partial charge is 0.449 e. The van der Waals surface area contributed by atoms with Crippen molar-refractivity contribution in [1.82, 2.24) is 0 Å². The number of aliphatic imine (C=N–C) groups is 1. The Kier molecular flexibility index (Phi) is 2.11. The maximum atomic E-state index is 10.5. The second kappa shape index (κ2) is 3.36. The molecule has 2 aliphatic rings. The maximum absolute atomic E-state index is 10.5. The van der Waals surface area contributed by atoms with Gasteiger partial charge in [-0.25, -0.2) is 4.79 Å². The van der Waals surface area contributed by atoms with Crippen molar-refractivity contribution in [3.8, 4) is 11.5 Å². The summed E-state index contributed by atoms with van der Waals surface area (Å²) in [4.78, 5) is 14.5. The molecule has 0 aromatic heterocycles. The van der Waals surface area contributed by atoms with Gasteiger partial charge < -0.3 is 9.47 Å². The van der Waals surface area contributed by atoms with Crippen molar-refractivity contribution in [3.05, 3.63) is 23.3 Å². The van der Waals surface area contributed by atoms with Gasteiger partial charge in [-0.05, 0) is 43.0 Å². The molecular weight excluding hydrogens is 230 g/mol. The molecule has 18 heavy (non-hydrogen) atoms. The van der Waals surface area contributed by atoms with E-state index in [1.165, 1.54) is 0 Å². The Morgan fingerprint density at radius 2 is 1.83 bits per heavy atom. The zero-order valence-corrected chi connectivity index (χ0v) is 10.7. The molecule has 4 nitrogen and oxygen atoms in total. The lowest BCUT2D eigenvalue weighted by Gasteiger charge is -2.16.